The third kappa shape index (κ3) is 3.85. The molecule has 0 aliphatic carbocycles. The van der Waals surface area contributed by atoms with E-state index in [1.54, 1.807) is 0 Å². The van der Waals surface area contributed by atoms with Crippen molar-refractivity contribution in [2.45, 2.75) is 11.3 Å². The van der Waals surface area contributed by atoms with Crippen LogP contribution in [-0.2, 0) is 11.0 Å². The number of hydrogen-bond donors (Lipinski definition) is 1. The molecule has 0 aliphatic heterocycles. The Balaban J connectivity index is 2.41. The maximum absolute atomic E-state index is 12.7. The molecule has 0 spiro atoms. The van der Waals surface area contributed by atoms with Crippen LogP contribution in [0, 0.1) is 0 Å². The number of carboxylic acids is 1. The normalized spacial score (nSPS) is 11.6. The molecule has 1 aromatic heterocycles. The number of alkyl halides is 3. The van der Waals surface area contributed by atoms with Gasteiger partial charge in [0.25, 0.3) is 0 Å². The lowest BCUT2D eigenvalue weighted by atomic mass is 10.2. The maximum Gasteiger partial charge on any atom is 0.416 e. The standard InChI is InChI=1S/C10H6ClF3N4O2S/c11-6-1-5(10(12,13)14)2-7(3-6)18-9(15-16-17-18)21-4-8(19)20/h1-3H,4H2,(H,19,20). The van der Waals surface area contributed by atoms with Gasteiger partial charge < -0.3 is 5.11 Å². The zero-order chi connectivity index (χ0) is 15.6. The highest BCUT2D eigenvalue weighted by Crippen LogP contribution is 2.33. The molecule has 21 heavy (non-hydrogen) atoms. The number of halogens is 4. The predicted octanol–water partition coefficient (Wildman–Crippen LogP) is 2.51. The van der Waals surface area contributed by atoms with Gasteiger partial charge in [-0.1, -0.05) is 23.4 Å². The molecule has 6 nitrogen and oxygen atoms in total. The number of carboxylic acid groups (broad SMARTS) is 1. The van der Waals surface area contributed by atoms with E-state index in [1.165, 1.54) is 6.07 Å². The maximum atomic E-state index is 12.7. The van der Waals surface area contributed by atoms with E-state index in [4.69, 9.17) is 16.7 Å². The largest absolute Gasteiger partial charge is 0.481 e. The highest BCUT2D eigenvalue weighted by Gasteiger charge is 2.31. The molecular formula is C10H6ClF3N4O2S. The summed E-state index contributed by atoms with van der Waals surface area (Å²) in [6.45, 7) is 0. The van der Waals surface area contributed by atoms with E-state index in [2.05, 4.69) is 15.5 Å². The Hall–Kier alpha value is -1.81. The van der Waals surface area contributed by atoms with Crippen molar-refractivity contribution >= 4 is 29.3 Å². The molecule has 2 aromatic rings. The summed E-state index contributed by atoms with van der Waals surface area (Å²) in [5.41, 5.74) is -0.956. The summed E-state index contributed by atoms with van der Waals surface area (Å²) < 4.78 is 39.2. The van der Waals surface area contributed by atoms with Crippen LogP contribution in [-0.4, -0.2) is 37.0 Å². The molecule has 0 fully saturated rings. The number of thioether (sulfide) groups is 1. The van der Waals surface area contributed by atoms with E-state index in [9.17, 15) is 18.0 Å². The molecular weight excluding hydrogens is 333 g/mol. The van der Waals surface area contributed by atoms with Crippen molar-refractivity contribution in [3.05, 3.63) is 28.8 Å². The van der Waals surface area contributed by atoms with Crippen molar-refractivity contribution in [3.8, 4) is 5.69 Å². The highest BCUT2D eigenvalue weighted by atomic mass is 35.5. The average molecular weight is 339 g/mol. The van der Waals surface area contributed by atoms with Gasteiger partial charge in [-0.3, -0.25) is 4.79 Å². The second-order valence-electron chi connectivity index (χ2n) is 3.75. The number of benzene rings is 1. The van der Waals surface area contributed by atoms with Crippen molar-refractivity contribution in [1.82, 2.24) is 20.2 Å². The fourth-order valence-electron chi connectivity index (χ4n) is 1.42. The SMILES string of the molecule is O=C(O)CSc1nnnn1-c1cc(Cl)cc(C(F)(F)F)c1. The lowest BCUT2D eigenvalue weighted by molar-refractivity contribution is -0.137. The zero-order valence-electron chi connectivity index (χ0n) is 10.0. The molecule has 0 saturated carbocycles. The third-order valence-electron chi connectivity index (χ3n) is 2.22. The number of rotatable bonds is 4. The summed E-state index contributed by atoms with van der Waals surface area (Å²) in [4.78, 5) is 10.5. The molecule has 0 aliphatic rings. The smallest absolute Gasteiger partial charge is 0.416 e. The molecule has 0 atom stereocenters. The van der Waals surface area contributed by atoms with Crippen molar-refractivity contribution < 1.29 is 23.1 Å². The average Bonchev–Trinajstić information content (AvgIpc) is 2.82. The number of aliphatic carboxylic acids is 1. The molecule has 0 bridgehead atoms. The Morgan fingerprint density at radius 1 is 1.38 bits per heavy atom. The summed E-state index contributed by atoms with van der Waals surface area (Å²) in [6.07, 6.45) is -4.57. The summed E-state index contributed by atoms with van der Waals surface area (Å²) >= 11 is 6.45. The van der Waals surface area contributed by atoms with Crippen LogP contribution in [0.4, 0.5) is 13.2 Å². The molecule has 11 heteroatoms. The van der Waals surface area contributed by atoms with E-state index < -0.39 is 17.7 Å². The molecule has 1 aromatic carbocycles. The van der Waals surface area contributed by atoms with E-state index in [-0.39, 0.29) is 21.6 Å². The van der Waals surface area contributed by atoms with Gasteiger partial charge >= 0.3 is 12.1 Å². The van der Waals surface area contributed by atoms with Crippen molar-refractivity contribution in [3.63, 3.8) is 0 Å². The Kier molecular flexibility index (Phi) is 4.37. The predicted molar refractivity (Wildman–Crippen MR) is 67.5 cm³/mol. The molecule has 2 rings (SSSR count). The second-order valence-corrected chi connectivity index (χ2v) is 5.13. The molecule has 0 amide bonds. The van der Waals surface area contributed by atoms with Crippen LogP contribution in [0.5, 0.6) is 0 Å². The first-order valence-corrected chi connectivity index (χ1v) is 6.65. The molecule has 0 unspecified atom stereocenters. The number of carbonyl (C=O) groups is 1. The molecule has 112 valence electrons. The number of hydrogen-bond acceptors (Lipinski definition) is 5. The van der Waals surface area contributed by atoms with Gasteiger partial charge in [0.15, 0.2) is 0 Å². The molecule has 0 saturated heterocycles. The van der Waals surface area contributed by atoms with Crippen LogP contribution < -0.4 is 0 Å². The van der Waals surface area contributed by atoms with E-state index in [1.807, 2.05) is 0 Å². The topological polar surface area (TPSA) is 80.9 Å². The van der Waals surface area contributed by atoms with Gasteiger partial charge in [-0.25, -0.2) is 0 Å². The van der Waals surface area contributed by atoms with Gasteiger partial charge in [0, 0.05) is 5.02 Å². The Bertz CT molecular complexity index is 677. The number of aromatic nitrogens is 4. The van der Waals surface area contributed by atoms with Crippen molar-refractivity contribution in [2.24, 2.45) is 0 Å². The summed E-state index contributed by atoms with van der Waals surface area (Å²) in [7, 11) is 0. The van der Waals surface area contributed by atoms with Crippen LogP contribution in [0.2, 0.25) is 5.02 Å². The first kappa shape index (κ1) is 15.6. The monoisotopic (exact) mass is 338 g/mol. The van der Waals surface area contributed by atoms with E-state index in [0.29, 0.717) is 0 Å². The van der Waals surface area contributed by atoms with Gasteiger partial charge in [-0.15, -0.1) is 5.10 Å². The zero-order valence-corrected chi connectivity index (χ0v) is 11.6. The lowest BCUT2D eigenvalue weighted by Crippen LogP contribution is -2.08. The first-order chi connectivity index (χ1) is 9.77. The summed E-state index contributed by atoms with van der Waals surface area (Å²) in [6, 6.07) is 2.85. The highest BCUT2D eigenvalue weighted by molar-refractivity contribution is 7.99. The minimum atomic E-state index is -4.57. The molecule has 1 heterocycles. The lowest BCUT2D eigenvalue weighted by Gasteiger charge is -2.10. The van der Waals surface area contributed by atoms with Gasteiger partial charge in [0.2, 0.25) is 5.16 Å². The van der Waals surface area contributed by atoms with E-state index >= 15 is 0 Å². The summed E-state index contributed by atoms with van der Waals surface area (Å²) in [5, 5.41) is 18.9. The minimum Gasteiger partial charge on any atom is -0.481 e. The van der Waals surface area contributed by atoms with Gasteiger partial charge in [0.05, 0.1) is 17.0 Å². The van der Waals surface area contributed by atoms with Crippen LogP contribution in [0.3, 0.4) is 0 Å². The Morgan fingerprint density at radius 3 is 2.71 bits per heavy atom. The number of tetrazole rings is 1. The Morgan fingerprint density at radius 2 is 2.10 bits per heavy atom. The Labute approximate surface area is 124 Å². The fraction of sp³-hybridized carbons (Fsp3) is 0.200. The van der Waals surface area contributed by atoms with Crippen LogP contribution in [0.1, 0.15) is 5.56 Å². The van der Waals surface area contributed by atoms with Crippen molar-refractivity contribution in [1.29, 1.82) is 0 Å². The van der Waals surface area contributed by atoms with Crippen molar-refractivity contribution in [2.75, 3.05) is 5.75 Å². The summed E-state index contributed by atoms with van der Waals surface area (Å²) in [5.74, 6) is -1.43. The quantitative estimate of drug-likeness (QED) is 0.863. The molecule has 1 N–H and O–H groups in total. The molecule has 0 radical (unpaired) electrons. The number of nitrogens with zero attached hydrogens (tertiary/aromatic N) is 4. The minimum absolute atomic E-state index is 0.00675. The third-order valence-corrected chi connectivity index (χ3v) is 3.34. The van der Waals surface area contributed by atoms with Crippen LogP contribution in [0.15, 0.2) is 23.4 Å². The van der Waals surface area contributed by atoms with E-state index in [0.717, 1.165) is 28.6 Å². The van der Waals surface area contributed by atoms with Gasteiger partial charge in [0.1, 0.15) is 0 Å². The second kappa shape index (κ2) is 5.90. The van der Waals surface area contributed by atoms with Gasteiger partial charge in [-0.2, -0.15) is 17.9 Å². The van der Waals surface area contributed by atoms with Crippen LogP contribution >= 0.6 is 23.4 Å². The van der Waals surface area contributed by atoms with Crippen LogP contribution in [0.25, 0.3) is 5.69 Å². The fourth-order valence-corrected chi connectivity index (χ4v) is 2.26. The first-order valence-electron chi connectivity index (χ1n) is 5.28. The van der Waals surface area contributed by atoms with Gasteiger partial charge in [-0.05, 0) is 28.6 Å².